The van der Waals surface area contributed by atoms with Crippen molar-refractivity contribution in [1.29, 1.82) is 0 Å². The van der Waals surface area contributed by atoms with Crippen LogP contribution in [-0.2, 0) is 6.42 Å². The monoisotopic (exact) mass is 262 g/mol. The SMILES string of the molecule is Clc1ccc(Cl)c(CC2CCC(Cl)C2)c1. The second-order valence-corrected chi connectivity index (χ2v) is 5.68. The molecule has 0 aliphatic heterocycles. The summed E-state index contributed by atoms with van der Waals surface area (Å²) in [6.45, 7) is 0. The molecule has 1 fully saturated rings. The van der Waals surface area contributed by atoms with E-state index in [1.54, 1.807) is 0 Å². The zero-order chi connectivity index (χ0) is 10.8. The van der Waals surface area contributed by atoms with Gasteiger partial charge in [-0.2, -0.15) is 0 Å². The van der Waals surface area contributed by atoms with Crippen LogP contribution in [0.2, 0.25) is 10.0 Å². The molecule has 2 unspecified atom stereocenters. The number of hydrogen-bond donors (Lipinski definition) is 0. The maximum atomic E-state index is 6.12. The number of halogens is 3. The van der Waals surface area contributed by atoms with Crippen LogP contribution in [0.4, 0.5) is 0 Å². The van der Waals surface area contributed by atoms with Crippen LogP contribution in [0.25, 0.3) is 0 Å². The summed E-state index contributed by atoms with van der Waals surface area (Å²) in [5.74, 6) is 0.670. The topological polar surface area (TPSA) is 0 Å². The third-order valence-electron chi connectivity index (χ3n) is 2.99. The van der Waals surface area contributed by atoms with Gasteiger partial charge in [-0.15, -0.1) is 11.6 Å². The molecule has 1 aromatic carbocycles. The van der Waals surface area contributed by atoms with Crippen molar-refractivity contribution in [2.24, 2.45) is 5.92 Å². The third kappa shape index (κ3) is 3.03. The molecule has 0 amide bonds. The van der Waals surface area contributed by atoms with Gasteiger partial charge in [0, 0.05) is 15.4 Å². The van der Waals surface area contributed by atoms with Gasteiger partial charge in [-0.25, -0.2) is 0 Å². The zero-order valence-corrected chi connectivity index (χ0v) is 10.6. The molecule has 0 radical (unpaired) electrons. The van der Waals surface area contributed by atoms with Crippen molar-refractivity contribution in [3.05, 3.63) is 33.8 Å². The average molecular weight is 264 g/mol. The Bertz CT molecular complexity index is 349. The fourth-order valence-corrected chi connectivity index (χ4v) is 2.98. The van der Waals surface area contributed by atoms with Crippen molar-refractivity contribution in [2.45, 2.75) is 31.1 Å². The van der Waals surface area contributed by atoms with E-state index < -0.39 is 0 Å². The smallest absolute Gasteiger partial charge is 0.0439 e. The minimum absolute atomic E-state index is 0.355. The van der Waals surface area contributed by atoms with Crippen LogP contribution in [0.5, 0.6) is 0 Å². The molecule has 0 saturated heterocycles. The fourth-order valence-electron chi connectivity index (χ4n) is 2.21. The van der Waals surface area contributed by atoms with Crippen LogP contribution in [0.3, 0.4) is 0 Å². The predicted octanol–water partition coefficient (Wildman–Crippen LogP) is 4.94. The van der Waals surface area contributed by atoms with Gasteiger partial charge in [-0.1, -0.05) is 23.2 Å². The summed E-state index contributed by atoms with van der Waals surface area (Å²) in [7, 11) is 0. The first-order chi connectivity index (χ1) is 7.15. The van der Waals surface area contributed by atoms with E-state index in [0.717, 1.165) is 34.9 Å². The Kier molecular flexibility index (Phi) is 3.82. The summed E-state index contributed by atoms with van der Waals surface area (Å²) in [5.41, 5.74) is 1.15. The van der Waals surface area contributed by atoms with E-state index in [-0.39, 0.29) is 0 Å². The zero-order valence-electron chi connectivity index (χ0n) is 8.35. The normalized spacial score (nSPS) is 25.8. The first-order valence-corrected chi connectivity index (χ1v) is 6.42. The summed E-state index contributed by atoms with van der Waals surface area (Å²) >= 11 is 18.2. The molecule has 0 spiro atoms. The van der Waals surface area contributed by atoms with Crippen molar-refractivity contribution in [3.63, 3.8) is 0 Å². The lowest BCUT2D eigenvalue weighted by Gasteiger charge is -2.10. The highest BCUT2D eigenvalue weighted by atomic mass is 35.5. The molecular formula is C12H13Cl3. The maximum Gasteiger partial charge on any atom is 0.0439 e. The maximum absolute atomic E-state index is 6.12. The number of alkyl halides is 1. The van der Waals surface area contributed by atoms with Crippen molar-refractivity contribution >= 4 is 34.8 Å². The summed E-state index contributed by atoms with van der Waals surface area (Å²) < 4.78 is 0. The van der Waals surface area contributed by atoms with E-state index in [0.29, 0.717) is 11.3 Å². The van der Waals surface area contributed by atoms with Gasteiger partial charge in [-0.3, -0.25) is 0 Å². The highest BCUT2D eigenvalue weighted by molar-refractivity contribution is 6.33. The molecule has 2 rings (SSSR count). The van der Waals surface area contributed by atoms with Crippen LogP contribution in [-0.4, -0.2) is 5.38 Å². The molecule has 2 atom stereocenters. The molecule has 0 aromatic heterocycles. The number of rotatable bonds is 2. The van der Waals surface area contributed by atoms with E-state index in [1.807, 2.05) is 18.2 Å². The van der Waals surface area contributed by atoms with Gasteiger partial charge in [0.05, 0.1) is 0 Å². The van der Waals surface area contributed by atoms with Gasteiger partial charge in [0.1, 0.15) is 0 Å². The van der Waals surface area contributed by atoms with E-state index >= 15 is 0 Å². The number of benzene rings is 1. The minimum atomic E-state index is 0.355. The lowest BCUT2D eigenvalue weighted by molar-refractivity contribution is 0.547. The highest BCUT2D eigenvalue weighted by Gasteiger charge is 2.23. The molecule has 0 heterocycles. The Morgan fingerprint density at radius 3 is 2.67 bits per heavy atom. The van der Waals surface area contributed by atoms with Crippen molar-refractivity contribution in [2.75, 3.05) is 0 Å². The molecular weight excluding hydrogens is 250 g/mol. The standard InChI is InChI=1S/C12H13Cl3/c13-10-2-1-8(6-10)5-9-7-11(14)3-4-12(9)15/h3-4,7-8,10H,1-2,5-6H2. The Morgan fingerprint density at radius 1 is 1.20 bits per heavy atom. The van der Waals surface area contributed by atoms with E-state index in [2.05, 4.69) is 0 Å². The van der Waals surface area contributed by atoms with E-state index in [9.17, 15) is 0 Å². The second-order valence-electron chi connectivity index (χ2n) is 4.22. The van der Waals surface area contributed by atoms with Crippen LogP contribution in [0, 0.1) is 5.92 Å². The van der Waals surface area contributed by atoms with Crippen molar-refractivity contribution in [3.8, 4) is 0 Å². The molecule has 1 saturated carbocycles. The van der Waals surface area contributed by atoms with Crippen molar-refractivity contribution < 1.29 is 0 Å². The first kappa shape index (κ1) is 11.6. The molecule has 1 aromatic rings. The van der Waals surface area contributed by atoms with Crippen LogP contribution in [0.15, 0.2) is 18.2 Å². The molecule has 0 N–H and O–H groups in total. The Labute approximate surface area is 106 Å². The second kappa shape index (κ2) is 4.95. The Balaban J connectivity index is 2.07. The van der Waals surface area contributed by atoms with Gasteiger partial charge >= 0.3 is 0 Å². The minimum Gasteiger partial charge on any atom is -0.123 e. The molecule has 0 nitrogen and oxygen atoms in total. The van der Waals surface area contributed by atoms with Crippen LogP contribution < -0.4 is 0 Å². The highest BCUT2D eigenvalue weighted by Crippen LogP contribution is 2.34. The predicted molar refractivity (Wildman–Crippen MR) is 67.1 cm³/mol. The molecule has 1 aliphatic carbocycles. The van der Waals surface area contributed by atoms with Crippen LogP contribution in [0.1, 0.15) is 24.8 Å². The molecule has 15 heavy (non-hydrogen) atoms. The molecule has 3 heteroatoms. The van der Waals surface area contributed by atoms with E-state index in [4.69, 9.17) is 34.8 Å². The van der Waals surface area contributed by atoms with Gasteiger partial charge in [0.25, 0.3) is 0 Å². The lowest BCUT2D eigenvalue weighted by Crippen LogP contribution is -2.01. The summed E-state index contributed by atoms with van der Waals surface area (Å²) in [4.78, 5) is 0. The Morgan fingerprint density at radius 2 is 2.00 bits per heavy atom. The van der Waals surface area contributed by atoms with E-state index in [1.165, 1.54) is 6.42 Å². The summed E-state index contributed by atoms with van der Waals surface area (Å²) in [5, 5.41) is 1.93. The van der Waals surface area contributed by atoms with Crippen molar-refractivity contribution in [1.82, 2.24) is 0 Å². The van der Waals surface area contributed by atoms with Gasteiger partial charge in [0.2, 0.25) is 0 Å². The van der Waals surface area contributed by atoms with Gasteiger partial charge in [-0.05, 0) is 55.4 Å². The quantitative estimate of drug-likeness (QED) is 0.663. The lowest BCUT2D eigenvalue weighted by atomic mass is 9.98. The van der Waals surface area contributed by atoms with Gasteiger partial charge in [0.15, 0.2) is 0 Å². The molecule has 1 aliphatic rings. The summed E-state index contributed by atoms with van der Waals surface area (Å²) in [6.07, 6.45) is 4.44. The summed E-state index contributed by atoms with van der Waals surface area (Å²) in [6, 6.07) is 5.66. The number of hydrogen-bond acceptors (Lipinski definition) is 0. The fraction of sp³-hybridized carbons (Fsp3) is 0.500. The average Bonchev–Trinajstić information content (AvgIpc) is 2.58. The first-order valence-electron chi connectivity index (χ1n) is 5.23. The molecule has 0 bridgehead atoms. The van der Waals surface area contributed by atoms with Gasteiger partial charge < -0.3 is 0 Å². The Hall–Kier alpha value is 0.0900. The third-order valence-corrected chi connectivity index (χ3v) is 3.99. The largest absolute Gasteiger partial charge is 0.123 e. The van der Waals surface area contributed by atoms with Crippen LogP contribution >= 0.6 is 34.8 Å². The molecule has 82 valence electrons.